The van der Waals surface area contributed by atoms with Crippen LogP contribution in [0.4, 0.5) is 0 Å². The largest absolute Gasteiger partial charge is 0.493 e. The van der Waals surface area contributed by atoms with Crippen LogP contribution in [0.2, 0.25) is 5.02 Å². The third kappa shape index (κ3) is 5.79. The lowest BCUT2D eigenvalue weighted by molar-refractivity contribution is -0.150. The molecule has 0 saturated carbocycles. The SMILES string of the molecule is COc1cc(/C=C/C(=O)O[C@H](C)C(=O)NCc2ccco2)cc(Cl)c1OC. The minimum atomic E-state index is -0.953. The van der Waals surface area contributed by atoms with Gasteiger partial charge in [0.25, 0.3) is 5.91 Å². The highest BCUT2D eigenvalue weighted by Gasteiger charge is 2.16. The molecule has 0 aliphatic heterocycles. The van der Waals surface area contributed by atoms with Crippen LogP contribution in [0, 0.1) is 0 Å². The summed E-state index contributed by atoms with van der Waals surface area (Å²) in [7, 11) is 2.97. The Morgan fingerprint density at radius 3 is 2.70 bits per heavy atom. The number of carbonyl (C=O) groups is 2. The van der Waals surface area contributed by atoms with Gasteiger partial charge in [0, 0.05) is 6.08 Å². The first-order chi connectivity index (χ1) is 12.9. The number of hydrogen-bond donors (Lipinski definition) is 1. The summed E-state index contributed by atoms with van der Waals surface area (Å²) in [4.78, 5) is 23.9. The second-order valence-electron chi connectivity index (χ2n) is 5.45. The number of esters is 1. The molecule has 7 nitrogen and oxygen atoms in total. The van der Waals surface area contributed by atoms with Crippen molar-refractivity contribution in [3.63, 3.8) is 0 Å². The van der Waals surface area contributed by atoms with Gasteiger partial charge in [-0.05, 0) is 42.8 Å². The smallest absolute Gasteiger partial charge is 0.331 e. The van der Waals surface area contributed by atoms with Gasteiger partial charge in [0.15, 0.2) is 17.6 Å². The van der Waals surface area contributed by atoms with Crippen LogP contribution in [0.1, 0.15) is 18.2 Å². The molecule has 1 aromatic heterocycles. The molecule has 0 bridgehead atoms. The second kappa shape index (κ2) is 9.68. The van der Waals surface area contributed by atoms with E-state index in [4.69, 9.17) is 30.2 Å². The van der Waals surface area contributed by atoms with E-state index in [0.717, 1.165) is 0 Å². The Morgan fingerprint density at radius 2 is 2.07 bits per heavy atom. The zero-order chi connectivity index (χ0) is 19.8. The monoisotopic (exact) mass is 393 g/mol. The third-order valence-corrected chi connectivity index (χ3v) is 3.83. The Kier molecular flexibility index (Phi) is 7.31. The van der Waals surface area contributed by atoms with Crippen molar-refractivity contribution in [3.8, 4) is 11.5 Å². The van der Waals surface area contributed by atoms with Gasteiger partial charge in [0.1, 0.15) is 5.76 Å². The molecule has 0 saturated heterocycles. The maximum Gasteiger partial charge on any atom is 0.331 e. The minimum Gasteiger partial charge on any atom is -0.493 e. The number of furan rings is 1. The Hall–Kier alpha value is -2.93. The molecule has 0 aliphatic carbocycles. The molecule has 144 valence electrons. The maximum absolute atomic E-state index is 11.9. The van der Waals surface area contributed by atoms with Crippen molar-refractivity contribution in [2.24, 2.45) is 0 Å². The number of nitrogens with one attached hydrogen (secondary N) is 1. The van der Waals surface area contributed by atoms with Crippen LogP contribution in [-0.2, 0) is 20.9 Å². The summed E-state index contributed by atoms with van der Waals surface area (Å²) in [6.07, 6.45) is 3.26. The molecule has 1 heterocycles. The van der Waals surface area contributed by atoms with Gasteiger partial charge in [-0.3, -0.25) is 4.79 Å². The molecule has 1 atom stereocenters. The highest BCUT2D eigenvalue weighted by atomic mass is 35.5. The standard InChI is InChI=1S/C19H20ClNO6/c1-12(19(23)21-11-14-5-4-8-26-14)27-17(22)7-6-13-9-15(20)18(25-3)16(10-13)24-2/h4-10,12H,11H2,1-3H3,(H,21,23)/b7-6+/t12-/m1/s1. The summed E-state index contributed by atoms with van der Waals surface area (Å²) in [5, 5.41) is 2.96. The molecule has 8 heteroatoms. The summed E-state index contributed by atoms with van der Waals surface area (Å²) < 4.78 is 20.5. The van der Waals surface area contributed by atoms with Crippen LogP contribution in [0.15, 0.2) is 41.0 Å². The first-order valence-electron chi connectivity index (χ1n) is 8.05. The van der Waals surface area contributed by atoms with Gasteiger partial charge in [-0.25, -0.2) is 4.79 Å². The van der Waals surface area contributed by atoms with Crippen LogP contribution in [0.3, 0.4) is 0 Å². The first kappa shape index (κ1) is 20.4. The van der Waals surface area contributed by atoms with E-state index >= 15 is 0 Å². The fraction of sp³-hybridized carbons (Fsp3) is 0.263. The van der Waals surface area contributed by atoms with Gasteiger partial charge in [0.05, 0.1) is 32.1 Å². The molecule has 0 fully saturated rings. The van der Waals surface area contributed by atoms with Gasteiger partial charge < -0.3 is 23.9 Å². The van der Waals surface area contributed by atoms with Crippen molar-refractivity contribution in [2.75, 3.05) is 14.2 Å². The van der Waals surface area contributed by atoms with Crippen LogP contribution >= 0.6 is 11.6 Å². The predicted octanol–water partition coefficient (Wildman–Crippen LogP) is 3.21. The van der Waals surface area contributed by atoms with E-state index in [1.54, 1.807) is 24.3 Å². The summed E-state index contributed by atoms with van der Waals surface area (Å²) in [5.41, 5.74) is 0.615. The number of ether oxygens (including phenoxy) is 3. The fourth-order valence-corrected chi connectivity index (χ4v) is 2.49. The number of methoxy groups -OCH3 is 2. The van der Waals surface area contributed by atoms with E-state index in [1.807, 2.05) is 0 Å². The normalized spacial score (nSPS) is 11.9. The van der Waals surface area contributed by atoms with Crippen molar-refractivity contribution in [1.29, 1.82) is 0 Å². The summed E-state index contributed by atoms with van der Waals surface area (Å²) in [5.74, 6) is 0.348. The number of hydrogen-bond acceptors (Lipinski definition) is 6. The van der Waals surface area contributed by atoms with E-state index in [1.165, 1.54) is 39.6 Å². The predicted molar refractivity (Wildman–Crippen MR) is 99.7 cm³/mol. The molecule has 27 heavy (non-hydrogen) atoms. The molecule has 1 aromatic carbocycles. The number of benzene rings is 1. The van der Waals surface area contributed by atoms with E-state index in [2.05, 4.69) is 5.32 Å². The zero-order valence-corrected chi connectivity index (χ0v) is 15.9. The summed E-state index contributed by atoms with van der Waals surface area (Å²) in [6, 6.07) is 6.73. The van der Waals surface area contributed by atoms with E-state index in [9.17, 15) is 9.59 Å². The van der Waals surface area contributed by atoms with Crippen LogP contribution in [-0.4, -0.2) is 32.2 Å². The van der Waals surface area contributed by atoms with Gasteiger partial charge in [-0.2, -0.15) is 0 Å². The quantitative estimate of drug-likeness (QED) is 0.547. The molecule has 2 aromatic rings. The molecule has 2 rings (SSSR count). The van der Waals surface area contributed by atoms with E-state index in [-0.39, 0.29) is 6.54 Å². The summed E-state index contributed by atoms with van der Waals surface area (Å²) in [6.45, 7) is 1.70. The fourth-order valence-electron chi connectivity index (χ4n) is 2.20. The van der Waals surface area contributed by atoms with Crippen LogP contribution in [0.25, 0.3) is 6.08 Å². The molecular weight excluding hydrogens is 374 g/mol. The Balaban J connectivity index is 1.92. The Bertz CT molecular complexity index is 816. The van der Waals surface area contributed by atoms with Crippen molar-refractivity contribution < 1.29 is 28.2 Å². The van der Waals surface area contributed by atoms with Crippen LogP contribution in [0.5, 0.6) is 11.5 Å². The Morgan fingerprint density at radius 1 is 1.30 bits per heavy atom. The lowest BCUT2D eigenvalue weighted by Crippen LogP contribution is -2.35. The lowest BCUT2D eigenvalue weighted by atomic mass is 10.2. The third-order valence-electron chi connectivity index (χ3n) is 3.55. The molecule has 0 spiro atoms. The molecule has 0 aliphatic rings. The number of rotatable bonds is 8. The Labute approximate surface area is 161 Å². The highest BCUT2D eigenvalue weighted by molar-refractivity contribution is 6.32. The second-order valence-corrected chi connectivity index (χ2v) is 5.86. The van der Waals surface area contributed by atoms with Crippen molar-refractivity contribution in [2.45, 2.75) is 19.6 Å². The molecular formula is C19H20ClNO6. The van der Waals surface area contributed by atoms with Gasteiger partial charge in [0.2, 0.25) is 0 Å². The number of halogens is 1. The van der Waals surface area contributed by atoms with Gasteiger partial charge >= 0.3 is 5.97 Å². The average molecular weight is 394 g/mol. The summed E-state index contributed by atoms with van der Waals surface area (Å²) >= 11 is 6.12. The molecule has 1 amide bonds. The van der Waals surface area contributed by atoms with Crippen molar-refractivity contribution in [3.05, 3.63) is 53.0 Å². The minimum absolute atomic E-state index is 0.216. The lowest BCUT2D eigenvalue weighted by Gasteiger charge is -2.12. The number of carbonyl (C=O) groups excluding carboxylic acids is 2. The van der Waals surface area contributed by atoms with E-state index in [0.29, 0.717) is 27.8 Å². The molecule has 0 unspecified atom stereocenters. The zero-order valence-electron chi connectivity index (χ0n) is 15.2. The highest BCUT2D eigenvalue weighted by Crippen LogP contribution is 2.36. The van der Waals surface area contributed by atoms with Crippen LogP contribution < -0.4 is 14.8 Å². The first-order valence-corrected chi connectivity index (χ1v) is 8.42. The molecule has 1 N–H and O–H groups in total. The van der Waals surface area contributed by atoms with E-state index < -0.39 is 18.0 Å². The topological polar surface area (TPSA) is 87.0 Å². The van der Waals surface area contributed by atoms with Gasteiger partial charge in [-0.15, -0.1) is 0 Å². The van der Waals surface area contributed by atoms with Crippen molar-refractivity contribution in [1.82, 2.24) is 5.32 Å². The molecule has 0 radical (unpaired) electrons. The van der Waals surface area contributed by atoms with Gasteiger partial charge in [-0.1, -0.05) is 11.6 Å². The van der Waals surface area contributed by atoms with Crippen molar-refractivity contribution >= 4 is 29.6 Å². The number of amides is 1. The average Bonchev–Trinajstić information content (AvgIpc) is 3.17. The maximum atomic E-state index is 11.9.